The fraction of sp³-hybridized carbons (Fsp3) is 0.0833. The van der Waals surface area contributed by atoms with Gasteiger partial charge in [-0.1, -0.05) is 23.4 Å². The molecule has 0 bridgehead atoms. The number of hydrogen-bond acceptors (Lipinski definition) is 4. The zero-order chi connectivity index (χ0) is 13.1. The summed E-state index contributed by atoms with van der Waals surface area (Å²) >= 11 is 6.91. The average molecular weight is 285 g/mol. The van der Waals surface area contributed by atoms with Crippen LogP contribution in [-0.2, 0) is 0 Å². The lowest BCUT2D eigenvalue weighted by Gasteiger charge is -2.08. The molecular weight excluding hydrogens is 275 g/mol. The predicted octanol–water partition coefficient (Wildman–Crippen LogP) is 3.62. The van der Waals surface area contributed by atoms with E-state index in [-0.39, 0.29) is 5.69 Å². The molecule has 1 heterocycles. The number of nitrogen functional groups attached to an aromatic ring is 1. The Hall–Kier alpha value is -1.46. The van der Waals surface area contributed by atoms with Crippen molar-refractivity contribution in [1.29, 1.82) is 0 Å². The largest absolute Gasteiger partial charge is 0.495 e. The minimum absolute atomic E-state index is 0.267. The van der Waals surface area contributed by atoms with Crippen LogP contribution in [0.3, 0.4) is 0 Å². The van der Waals surface area contributed by atoms with E-state index in [1.165, 1.54) is 31.1 Å². The van der Waals surface area contributed by atoms with Gasteiger partial charge in [-0.3, -0.25) is 0 Å². The van der Waals surface area contributed by atoms with Crippen LogP contribution < -0.4 is 10.5 Å². The van der Waals surface area contributed by atoms with Crippen LogP contribution in [0.15, 0.2) is 40.4 Å². The SMILES string of the molecule is COc1cc(Sc2ccc(Cl)cn2)c(F)cc1N. The van der Waals surface area contributed by atoms with Crippen LogP contribution in [0.5, 0.6) is 5.75 Å². The predicted molar refractivity (Wildman–Crippen MR) is 70.7 cm³/mol. The van der Waals surface area contributed by atoms with Crippen LogP contribution in [-0.4, -0.2) is 12.1 Å². The molecule has 0 unspecified atom stereocenters. The van der Waals surface area contributed by atoms with Crippen LogP contribution in [0.25, 0.3) is 0 Å². The number of halogens is 2. The lowest BCUT2D eigenvalue weighted by molar-refractivity contribution is 0.414. The summed E-state index contributed by atoms with van der Waals surface area (Å²) in [6.07, 6.45) is 1.51. The first kappa shape index (κ1) is 13.0. The van der Waals surface area contributed by atoms with Crippen LogP contribution in [0.4, 0.5) is 10.1 Å². The number of benzene rings is 1. The molecule has 0 saturated heterocycles. The van der Waals surface area contributed by atoms with Crippen LogP contribution in [0, 0.1) is 5.82 Å². The highest BCUT2D eigenvalue weighted by Crippen LogP contribution is 2.34. The van der Waals surface area contributed by atoms with E-state index in [4.69, 9.17) is 22.1 Å². The lowest BCUT2D eigenvalue weighted by Crippen LogP contribution is -1.95. The van der Waals surface area contributed by atoms with Gasteiger partial charge in [0.2, 0.25) is 0 Å². The number of hydrogen-bond donors (Lipinski definition) is 1. The fourth-order valence-corrected chi connectivity index (χ4v) is 2.24. The second kappa shape index (κ2) is 5.46. The Balaban J connectivity index is 2.31. The maximum absolute atomic E-state index is 13.7. The molecule has 0 amide bonds. The van der Waals surface area contributed by atoms with Crippen LogP contribution >= 0.6 is 23.4 Å². The molecule has 0 aliphatic rings. The van der Waals surface area contributed by atoms with Gasteiger partial charge >= 0.3 is 0 Å². The number of aromatic nitrogens is 1. The summed E-state index contributed by atoms with van der Waals surface area (Å²) in [6.45, 7) is 0. The molecule has 0 aliphatic heterocycles. The third-order valence-corrected chi connectivity index (χ3v) is 3.41. The summed E-state index contributed by atoms with van der Waals surface area (Å²) in [4.78, 5) is 4.48. The molecular formula is C12H10ClFN2OS. The highest BCUT2D eigenvalue weighted by Gasteiger charge is 2.10. The number of methoxy groups -OCH3 is 1. The normalized spacial score (nSPS) is 10.4. The van der Waals surface area contributed by atoms with Crippen molar-refractivity contribution in [1.82, 2.24) is 4.98 Å². The quantitative estimate of drug-likeness (QED) is 0.875. The molecule has 0 aliphatic carbocycles. The maximum Gasteiger partial charge on any atom is 0.143 e. The highest BCUT2D eigenvalue weighted by atomic mass is 35.5. The third-order valence-electron chi connectivity index (χ3n) is 2.20. The number of nitrogens with two attached hydrogens (primary N) is 1. The van der Waals surface area contributed by atoms with E-state index in [0.717, 1.165) is 0 Å². The fourth-order valence-electron chi connectivity index (χ4n) is 1.34. The van der Waals surface area contributed by atoms with Crippen molar-refractivity contribution < 1.29 is 9.13 Å². The van der Waals surface area contributed by atoms with E-state index in [2.05, 4.69) is 4.98 Å². The van der Waals surface area contributed by atoms with E-state index in [0.29, 0.717) is 20.7 Å². The Labute approximate surface area is 113 Å². The van der Waals surface area contributed by atoms with Gasteiger partial charge in [-0.15, -0.1) is 0 Å². The van der Waals surface area contributed by atoms with Gasteiger partial charge in [-0.2, -0.15) is 0 Å². The number of ether oxygens (including phenoxy) is 1. The van der Waals surface area contributed by atoms with Gasteiger partial charge in [-0.25, -0.2) is 9.37 Å². The molecule has 3 nitrogen and oxygen atoms in total. The van der Waals surface area contributed by atoms with Crippen LogP contribution in [0.2, 0.25) is 5.02 Å². The Morgan fingerprint density at radius 3 is 2.78 bits per heavy atom. The average Bonchev–Trinajstić information content (AvgIpc) is 2.35. The van der Waals surface area contributed by atoms with E-state index >= 15 is 0 Å². The number of pyridine rings is 1. The Bertz CT molecular complexity index is 563. The molecule has 94 valence electrons. The first-order valence-corrected chi connectivity index (χ1v) is 6.22. The van der Waals surface area contributed by atoms with Crippen molar-refractivity contribution in [2.45, 2.75) is 9.92 Å². The molecule has 1 aromatic heterocycles. The third kappa shape index (κ3) is 2.86. The highest BCUT2D eigenvalue weighted by molar-refractivity contribution is 7.99. The van der Waals surface area contributed by atoms with E-state index in [1.807, 2.05) is 0 Å². The van der Waals surface area contributed by atoms with Crippen molar-refractivity contribution in [3.8, 4) is 5.75 Å². The van der Waals surface area contributed by atoms with Gasteiger partial charge in [0.25, 0.3) is 0 Å². The summed E-state index contributed by atoms with van der Waals surface area (Å²) < 4.78 is 18.8. The van der Waals surface area contributed by atoms with Crippen LogP contribution in [0.1, 0.15) is 0 Å². The van der Waals surface area contributed by atoms with E-state index < -0.39 is 5.82 Å². The summed E-state index contributed by atoms with van der Waals surface area (Å²) in [5.74, 6) is 0.0305. The second-order valence-electron chi connectivity index (χ2n) is 3.44. The van der Waals surface area contributed by atoms with Gasteiger partial charge < -0.3 is 10.5 Å². The molecule has 0 spiro atoms. The molecule has 2 N–H and O–H groups in total. The monoisotopic (exact) mass is 284 g/mol. The molecule has 2 aromatic rings. The summed E-state index contributed by atoms with van der Waals surface area (Å²) in [6, 6.07) is 6.20. The number of anilines is 1. The van der Waals surface area contributed by atoms with Gasteiger partial charge in [-0.05, 0) is 18.2 Å². The Kier molecular flexibility index (Phi) is 3.93. The molecule has 0 radical (unpaired) electrons. The summed E-state index contributed by atoms with van der Waals surface area (Å²) in [5.41, 5.74) is 5.87. The zero-order valence-corrected chi connectivity index (χ0v) is 11.1. The van der Waals surface area contributed by atoms with Gasteiger partial charge in [0.05, 0.1) is 22.7 Å². The molecule has 6 heteroatoms. The molecule has 1 aromatic carbocycles. The maximum atomic E-state index is 13.7. The number of nitrogens with zero attached hydrogens (tertiary/aromatic N) is 1. The van der Waals surface area contributed by atoms with E-state index in [9.17, 15) is 4.39 Å². The van der Waals surface area contributed by atoms with Gasteiger partial charge in [0.15, 0.2) is 0 Å². The minimum Gasteiger partial charge on any atom is -0.495 e. The smallest absolute Gasteiger partial charge is 0.143 e. The second-order valence-corrected chi connectivity index (χ2v) is 4.94. The first-order chi connectivity index (χ1) is 8.60. The van der Waals surface area contributed by atoms with Crippen molar-refractivity contribution in [3.63, 3.8) is 0 Å². The molecule has 0 fully saturated rings. The van der Waals surface area contributed by atoms with Crippen molar-refractivity contribution >= 4 is 29.1 Å². The lowest BCUT2D eigenvalue weighted by atomic mass is 10.3. The molecule has 0 atom stereocenters. The summed E-state index contributed by atoms with van der Waals surface area (Å²) in [5, 5.41) is 1.18. The molecule has 0 saturated carbocycles. The van der Waals surface area contributed by atoms with Crippen molar-refractivity contribution in [3.05, 3.63) is 41.3 Å². The van der Waals surface area contributed by atoms with Gasteiger partial charge in [0.1, 0.15) is 16.6 Å². The Morgan fingerprint density at radius 1 is 1.39 bits per heavy atom. The standard InChI is InChI=1S/C12H10ClFN2OS/c1-17-10-5-11(8(14)4-9(10)15)18-12-3-2-7(13)6-16-12/h2-6H,15H2,1H3. The van der Waals surface area contributed by atoms with E-state index in [1.54, 1.807) is 18.2 Å². The van der Waals surface area contributed by atoms with Crippen molar-refractivity contribution in [2.24, 2.45) is 0 Å². The number of rotatable bonds is 3. The first-order valence-electron chi connectivity index (χ1n) is 5.02. The Morgan fingerprint density at radius 2 is 2.17 bits per heavy atom. The topological polar surface area (TPSA) is 48.1 Å². The summed E-state index contributed by atoms with van der Waals surface area (Å²) in [7, 11) is 1.48. The minimum atomic E-state index is -0.407. The zero-order valence-electron chi connectivity index (χ0n) is 9.48. The molecule has 18 heavy (non-hydrogen) atoms. The van der Waals surface area contributed by atoms with Gasteiger partial charge in [0, 0.05) is 12.3 Å². The van der Waals surface area contributed by atoms with Crippen molar-refractivity contribution in [2.75, 3.05) is 12.8 Å². The molecule has 2 rings (SSSR count).